The smallest absolute Gasteiger partial charge is 0.275 e. The first-order valence-electron chi connectivity index (χ1n) is 9.83. The van der Waals surface area contributed by atoms with Crippen LogP contribution in [0.3, 0.4) is 0 Å². The lowest BCUT2D eigenvalue weighted by Gasteiger charge is -2.10. The van der Waals surface area contributed by atoms with Crippen LogP contribution in [0.25, 0.3) is 16.5 Å². The summed E-state index contributed by atoms with van der Waals surface area (Å²) in [5.41, 5.74) is 7.06. The Morgan fingerprint density at radius 2 is 1.71 bits per heavy atom. The van der Waals surface area contributed by atoms with Crippen LogP contribution in [-0.4, -0.2) is 23.8 Å². The Bertz CT molecular complexity index is 1290. The average Bonchev–Trinajstić information content (AvgIpc) is 3.06. The van der Waals surface area contributed by atoms with Gasteiger partial charge in [0.15, 0.2) is 0 Å². The number of fused-ring (bicyclic) bond motifs is 1. The third-order valence-electron chi connectivity index (χ3n) is 5.24. The first-order valence-corrected chi connectivity index (χ1v) is 10.2. The van der Waals surface area contributed by atoms with E-state index < -0.39 is 0 Å². The molecule has 0 fully saturated rings. The Labute approximate surface area is 185 Å². The van der Waals surface area contributed by atoms with E-state index in [0.717, 1.165) is 33.4 Å². The Kier molecular flexibility index (Phi) is 5.78. The number of carbonyl (C=O) groups excluding carboxylic acids is 1. The summed E-state index contributed by atoms with van der Waals surface area (Å²) in [6, 6.07) is 21.2. The summed E-state index contributed by atoms with van der Waals surface area (Å²) < 4.78 is 7.53. The Morgan fingerprint density at radius 3 is 2.39 bits per heavy atom. The number of ether oxygens (including phenoxy) is 1. The van der Waals surface area contributed by atoms with E-state index in [0.29, 0.717) is 16.3 Å². The van der Waals surface area contributed by atoms with Crippen molar-refractivity contribution in [3.8, 4) is 11.4 Å². The van der Waals surface area contributed by atoms with E-state index in [-0.39, 0.29) is 5.91 Å². The second-order valence-corrected chi connectivity index (χ2v) is 7.67. The van der Waals surface area contributed by atoms with Gasteiger partial charge in [-0.3, -0.25) is 4.79 Å². The van der Waals surface area contributed by atoms with Crippen LogP contribution in [0, 0.1) is 13.8 Å². The predicted octanol–water partition coefficient (Wildman–Crippen LogP) is 5.67. The largest absolute Gasteiger partial charge is 0.496 e. The van der Waals surface area contributed by atoms with Crippen molar-refractivity contribution in [2.24, 2.45) is 5.10 Å². The van der Waals surface area contributed by atoms with Crippen LogP contribution in [0.4, 0.5) is 0 Å². The van der Waals surface area contributed by atoms with Gasteiger partial charge in [-0.25, -0.2) is 5.43 Å². The molecule has 1 N–H and O–H groups in total. The van der Waals surface area contributed by atoms with Crippen molar-refractivity contribution in [1.29, 1.82) is 0 Å². The first kappa shape index (κ1) is 20.7. The van der Waals surface area contributed by atoms with E-state index in [1.54, 1.807) is 13.3 Å². The number of nitrogens with one attached hydrogen (secondary N) is 1. The van der Waals surface area contributed by atoms with Gasteiger partial charge in [-0.2, -0.15) is 5.10 Å². The summed E-state index contributed by atoms with van der Waals surface area (Å²) in [7, 11) is 1.55. The van der Waals surface area contributed by atoms with Gasteiger partial charge < -0.3 is 9.30 Å². The summed E-state index contributed by atoms with van der Waals surface area (Å²) >= 11 is 6.01. The number of rotatable bonds is 5. The Morgan fingerprint density at radius 1 is 1.03 bits per heavy atom. The Hall–Kier alpha value is -3.57. The van der Waals surface area contributed by atoms with Crippen LogP contribution in [-0.2, 0) is 0 Å². The molecule has 1 aromatic heterocycles. The fourth-order valence-corrected chi connectivity index (χ4v) is 3.82. The van der Waals surface area contributed by atoms with Crippen LogP contribution >= 0.6 is 11.6 Å². The second-order valence-electron chi connectivity index (χ2n) is 7.24. The van der Waals surface area contributed by atoms with Gasteiger partial charge in [0.1, 0.15) is 5.75 Å². The van der Waals surface area contributed by atoms with E-state index in [9.17, 15) is 4.79 Å². The van der Waals surface area contributed by atoms with Crippen LogP contribution < -0.4 is 10.2 Å². The first-order chi connectivity index (χ1) is 15.0. The molecule has 0 atom stereocenters. The third-order valence-corrected chi connectivity index (χ3v) is 5.49. The number of aryl methyl sites for hydroxylation is 1. The number of aromatic nitrogens is 1. The Balaban J connectivity index is 1.57. The summed E-state index contributed by atoms with van der Waals surface area (Å²) in [5, 5.41) is 6.85. The minimum Gasteiger partial charge on any atom is -0.496 e. The van der Waals surface area contributed by atoms with Crippen molar-refractivity contribution >= 4 is 34.5 Å². The minimum atomic E-state index is -0.328. The molecule has 0 bridgehead atoms. The van der Waals surface area contributed by atoms with E-state index >= 15 is 0 Å². The molecule has 1 heterocycles. The van der Waals surface area contributed by atoms with Gasteiger partial charge in [0.2, 0.25) is 0 Å². The highest BCUT2D eigenvalue weighted by molar-refractivity contribution is 6.30. The van der Waals surface area contributed by atoms with Crippen LogP contribution in [0.2, 0.25) is 5.02 Å². The summed E-state index contributed by atoms with van der Waals surface area (Å²) in [5.74, 6) is 0.178. The van der Waals surface area contributed by atoms with Gasteiger partial charge in [0.05, 0.1) is 18.9 Å². The average molecular weight is 432 g/mol. The van der Waals surface area contributed by atoms with Gasteiger partial charge in [0.25, 0.3) is 5.91 Å². The zero-order chi connectivity index (χ0) is 22.0. The fraction of sp³-hybridized carbons (Fsp3) is 0.120. The lowest BCUT2D eigenvalue weighted by atomic mass is 10.1. The quantitative estimate of drug-likeness (QED) is 0.327. The predicted molar refractivity (Wildman–Crippen MR) is 126 cm³/mol. The maximum Gasteiger partial charge on any atom is 0.275 e. The van der Waals surface area contributed by atoms with Gasteiger partial charge in [0, 0.05) is 27.7 Å². The second kappa shape index (κ2) is 8.66. The molecule has 0 aliphatic heterocycles. The van der Waals surface area contributed by atoms with Crippen LogP contribution in [0.15, 0.2) is 71.8 Å². The topological polar surface area (TPSA) is 55.6 Å². The maximum absolute atomic E-state index is 12.7. The molecule has 156 valence electrons. The molecule has 0 saturated carbocycles. The summed E-state index contributed by atoms with van der Waals surface area (Å²) in [6.07, 6.45) is 1.65. The maximum atomic E-state index is 12.7. The number of hydrogen-bond donors (Lipinski definition) is 1. The number of amides is 1. The van der Waals surface area contributed by atoms with Gasteiger partial charge in [-0.15, -0.1) is 0 Å². The number of halogens is 1. The van der Waals surface area contributed by atoms with E-state index in [2.05, 4.69) is 15.1 Å². The minimum absolute atomic E-state index is 0.328. The molecule has 3 aromatic carbocycles. The molecule has 5 nitrogen and oxygen atoms in total. The number of hydrazone groups is 1. The molecule has 1 amide bonds. The number of carbonyl (C=O) groups is 1. The lowest BCUT2D eigenvalue weighted by molar-refractivity contribution is 0.0952. The summed E-state index contributed by atoms with van der Waals surface area (Å²) in [6.45, 7) is 4.04. The van der Waals surface area contributed by atoms with Crippen molar-refractivity contribution in [3.63, 3.8) is 0 Å². The molecule has 31 heavy (non-hydrogen) atoms. The molecule has 0 radical (unpaired) electrons. The zero-order valence-corrected chi connectivity index (χ0v) is 18.3. The molecule has 4 aromatic rings. The highest BCUT2D eigenvalue weighted by atomic mass is 35.5. The lowest BCUT2D eigenvalue weighted by Crippen LogP contribution is -2.18. The van der Waals surface area contributed by atoms with Crippen LogP contribution in [0.1, 0.15) is 27.3 Å². The van der Waals surface area contributed by atoms with Gasteiger partial charge in [-0.1, -0.05) is 35.9 Å². The molecule has 0 aliphatic carbocycles. The van der Waals surface area contributed by atoms with Crippen molar-refractivity contribution in [2.75, 3.05) is 7.11 Å². The van der Waals surface area contributed by atoms with Gasteiger partial charge >= 0.3 is 0 Å². The van der Waals surface area contributed by atoms with Gasteiger partial charge in [-0.05, 0) is 67.1 Å². The molecular formula is C25H22ClN3O2. The number of methoxy groups -OCH3 is 1. The zero-order valence-electron chi connectivity index (χ0n) is 17.5. The van der Waals surface area contributed by atoms with Crippen molar-refractivity contribution in [1.82, 2.24) is 9.99 Å². The van der Waals surface area contributed by atoms with E-state index in [4.69, 9.17) is 16.3 Å². The normalized spacial score (nSPS) is 11.2. The standard InChI is InChI=1S/C25H22ClN3O2/c1-16-12-20(17(2)29(16)22-10-8-21(26)9-11-22)15-27-28-25(30)23-13-18-6-4-5-7-19(18)14-24(23)31-3/h4-15H,1-3H3,(H,28,30). The molecular weight excluding hydrogens is 410 g/mol. The molecule has 0 unspecified atom stereocenters. The van der Waals surface area contributed by atoms with E-state index in [1.165, 1.54) is 0 Å². The van der Waals surface area contributed by atoms with E-state index in [1.807, 2.05) is 80.6 Å². The summed E-state index contributed by atoms with van der Waals surface area (Å²) in [4.78, 5) is 12.7. The highest BCUT2D eigenvalue weighted by Gasteiger charge is 2.14. The monoisotopic (exact) mass is 431 g/mol. The molecule has 4 rings (SSSR count). The highest BCUT2D eigenvalue weighted by Crippen LogP contribution is 2.26. The fourth-order valence-electron chi connectivity index (χ4n) is 3.69. The SMILES string of the molecule is COc1cc2ccccc2cc1C(=O)NN=Cc1cc(C)n(-c2ccc(Cl)cc2)c1C. The van der Waals surface area contributed by atoms with Crippen molar-refractivity contribution < 1.29 is 9.53 Å². The molecule has 0 spiro atoms. The number of benzene rings is 3. The number of hydrogen-bond acceptors (Lipinski definition) is 3. The van der Waals surface area contributed by atoms with Crippen molar-refractivity contribution in [3.05, 3.63) is 94.3 Å². The van der Waals surface area contributed by atoms with Crippen LogP contribution in [0.5, 0.6) is 5.75 Å². The third kappa shape index (κ3) is 4.18. The molecule has 6 heteroatoms. The molecule has 0 aliphatic rings. The molecule has 0 saturated heterocycles. The number of nitrogens with zero attached hydrogens (tertiary/aromatic N) is 2. The van der Waals surface area contributed by atoms with Crippen molar-refractivity contribution in [2.45, 2.75) is 13.8 Å².